The van der Waals surface area contributed by atoms with E-state index in [0.717, 1.165) is 0 Å². The molecule has 1 N–H and O–H groups in total. The molecule has 0 bridgehead atoms. The van der Waals surface area contributed by atoms with Crippen molar-refractivity contribution < 1.29 is 18.6 Å². The van der Waals surface area contributed by atoms with Gasteiger partial charge in [0.1, 0.15) is 11.6 Å². The van der Waals surface area contributed by atoms with Gasteiger partial charge in [0.2, 0.25) is 0 Å². The lowest BCUT2D eigenvalue weighted by Gasteiger charge is -2.11. The quantitative estimate of drug-likeness (QED) is 0.836. The van der Waals surface area contributed by atoms with Gasteiger partial charge in [-0.05, 0) is 17.7 Å². The smallest absolute Gasteiger partial charge is 0.131 e. The van der Waals surface area contributed by atoms with Crippen LogP contribution < -0.4 is 0 Å². The lowest BCUT2D eigenvalue weighted by molar-refractivity contribution is 0.177. The molecule has 1 aromatic rings. The van der Waals surface area contributed by atoms with E-state index in [1.54, 1.807) is 6.92 Å². The summed E-state index contributed by atoms with van der Waals surface area (Å²) in [6.07, 6.45) is 0. The fourth-order valence-electron chi connectivity index (χ4n) is 1.29. The van der Waals surface area contributed by atoms with Gasteiger partial charge in [0.05, 0.1) is 6.61 Å². The number of aliphatic hydroxyl groups excluding tert-OH is 1. The number of methoxy groups -OCH3 is 1. The fourth-order valence-corrected chi connectivity index (χ4v) is 1.29. The van der Waals surface area contributed by atoms with Gasteiger partial charge in [0.25, 0.3) is 0 Å². The number of ether oxygens (including phenoxy) is 1. The minimum atomic E-state index is -0.632. The maximum absolute atomic E-state index is 13.4. The minimum Gasteiger partial charge on any atom is -0.396 e. The number of hydrogen-bond donors (Lipinski definition) is 1. The lowest BCUT2D eigenvalue weighted by atomic mass is 10.00. The van der Waals surface area contributed by atoms with Gasteiger partial charge in [-0.15, -0.1) is 0 Å². The van der Waals surface area contributed by atoms with Crippen LogP contribution in [0.25, 0.3) is 0 Å². The topological polar surface area (TPSA) is 29.5 Å². The highest BCUT2D eigenvalue weighted by Crippen LogP contribution is 2.21. The van der Waals surface area contributed by atoms with Crippen molar-refractivity contribution in [3.8, 4) is 0 Å². The summed E-state index contributed by atoms with van der Waals surface area (Å²) in [6.45, 7) is 1.47. The van der Waals surface area contributed by atoms with Crippen LogP contribution >= 0.6 is 0 Å². The van der Waals surface area contributed by atoms with Gasteiger partial charge < -0.3 is 9.84 Å². The number of benzene rings is 1. The van der Waals surface area contributed by atoms with Gasteiger partial charge >= 0.3 is 0 Å². The summed E-state index contributed by atoms with van der Waals surface area (Å²) in [7, 11) is 1.38. The average molecular weight is 216 g/mol. The summed E-state index contributed by atoms with van der Waals surface area (Å²) >= 11 is 0. The van der Waals surface area contributed by atoms with Crippen LogP contribution in [-0.2, 0) is 11.3 Å². The monoisotopic (exact) mass is 216 g/mol. The second-order valence-electron chi connectivity index (χ2n) is 3.48. The molecule has 0 radical (unpaired) electrons. The number of rotatable bonds is 4. The van der Waals surface area contributed by atoms with Crippen molar-refractivity contribution in [3.63, 3.8) is 0 Å². The lowest BCUT2D eigenvalue weighted by Crippen LogP contribution is -2.04. The van der Waals surface area contributed by atoms with Gasteiger partial charge in [0.15, 0.2) is 0 Å². The first-order chi connectivity index (χ1) is 7.10. The van der Waals surface area contributed by atoms with Crippen LogP contribution in [-0.4, -0.2) is 18.8 Å². The molecule has 0 fully saturated rings. The molecule has 15 heavy (non-hydrogen) atoms. The Morgan fingerprint density at radius 2 is 1.87 bits per heavy atom. The molecule has 0 aliphatic rings. The summed E-state index contributed by atoms with van der Waals surface area (Å²) in [5, 5.41) is 8.87. The molecule has 0 heterocycles. The normalized spacial score (nSPS) is 12.9. The molecule has 1 unspecified atom stereocenters. The Hall–Kier alpha value is -1.00. The summed E-state index contributed by atoms with van der Waals surface area (Å²) in [4.78, 5) is 0. The van der Waals surface area contributed by atoms with E-state index >= 15 is 0 Å². The van der Waals surface area contributed by atoms with Crippen LogP contribution in [0, 0.1) is 11.6 Å². The Bertz CT molecular complexity index is 316. The van der Waals surface area contributed by atoms with Crippen LogP contribution in [0.2, 0.25) is 0 Å². The zero-order valence-electron chi connectivity index (χ0n) is 8.76. The minimum absolute atomic E-state index is 0.0774. The SMILES string of the molecule is COCc1c(F)cc(C(C)CO)cc1F. The van der Waals surface area contributed by atoms with E-state index < -0.39 is 11.6 Å². The molecule has 84 valence electrons. The van der Waals surface area contributed by atoms with Crippen molar-refractivity contribution in [2.75, 3.05) is 13.7 Å². The molecule has 1 rings (SSSR count). The largest absolute Gasteiger partial charge is 0.396 e. The van der Waals surface area contributed by atoms with Gasteiger partial charge in [-0.2, -0.15) is 0 Å². The van der Waals surface area contributed by atoms with Crippen LogP contribution in [0.15, 0.2) is 12.1 Å². The summed E-state index contributed by atoms with van der Waals surface area (Å²) in [5.41, 5.74) is 0.374. The first kappa shape index (κ1) is 12.1. The third-order valence-electron chi connectivity index (χ3n) is 2.29. The third-order valence-corrected chi connectivity index (χ3v) is 2.29. The predicted octanol–water partition coefficient (Wildman–Crippen LogP) is 2.21. The van der Waals surface area contributed by atoms with Crippen LogP contribution in [0.1, 0.15) is 24.0 Å². The van der Waals surface area contributed by atoms with E-state index in [4.69, 9.17) is 5.11 Å². The second kappa shape index (κ2) is 5.19. The Morgan fingerprint density at radius 1 is 1.33 bits per heavy atom. The van der Waals surface area contributed by atoms with Crippen molar-refractivity contribution in [1.82, 2.24) is 0 Å². The highest BCUT2D eigenvalue weighted by atomic mass is 19.1. The molecule has 4 heteroatoms. The van der Waals surface area contributed by atoms with E-state index in [-0.39, 0.29) is 24.7 Å². The zero-order valence-corrected chi connectivity index (χ0v) is 8.76. The van der Waals surface area contributed by atoms with E-state index in [1.165, 1.54) is 19.2 Å². The van der Waals surface area contributed by atoms with Gasteiger partial charge in [-0.1, -0.05) is 6.92 Å². The van der Waals surface area contributed by atoms with E-state index in [0.29, 0.717) is 5.56 Å². The van der Waals surface area contributed by atoms with Crippen molar-refractivity contribution in [2.45, 2.75) is 19.4 Å². The van der Waals surface area contributed by atoms with Gasteiger partial charge in [-0.3, -0.25) is 0 Å². The first-order valence-electron chi connectivity index (χ1n) is 4.67. The van der Waals surface area contributed by atoms with Crippen molar-refractivity contribution in [2.24, 2.45) is 0 Å². The van der Waals surface area contributed by atoms with Crippen LogP contribution in [0.4, 0.5) is 8.78 Å². The number of hydrogen-bond acceptors (Lipinski definition) is 2. The van der Waals surface area contributed by atoms with Gasteiger partial charge in [0, 0.05) is 25.2 Å². The Labute approximate surface area is 87.5 Å². The Kier molecular flexibility index (Phi) is 4.17. The predicted molar refractivity (Wildman–Crippen MR) is 52.6 cm³/mol. The third kappa shape index (κ3) is 2.73. The second-order valence-corrected chi connectivity index (χ2v) is 3.48. The molecular formula is C11H14F2O2. The fraction of sp³-hybridized carbons (Fsp3) is 0.455. The van der Waals surface area contributed by atoms with E-state index in [2.05, 4.69) is 4.74 Å². The molecule has 0 saturated carbocycles. The highest BCUT2D eigenvalue weighted by molar-refractivity contribution is 5.28. The van der Waals surface area contributed by atoms with Crippen molar-refractivity contribution in [1.29, 1.82) is 0 Å². The molecule has 1 atom stereocenters. The molecule has 0 aliphatic heterocycles. The molecule has 0 spiro atoms. The number of halogens is 2. The average Bonchev–Trinajstić information content (AvgIpc) is 2.22. The zero-order chi connectivity index (χ0) is 11.4. The molecule has 0 aromatic heterocycles. The highest BCUT2D eigenvalue weighted by Gasteiger charge is 2.13. The Balaban J connectivity index is 3.07. The number of aliphatic hydroxyl groups is 1. The first-order valence-corrected chi connectivity index (χ1v) is 4.67. The maximum Gasteiger partial charge on any atom is 0.131 e. The van der Waals surface area contributed by atoms with Gasteiger partial charge in [-0.25, -0.2) is 8.78 Å². The molecular weight excluding hydrogens is 202 g/mol. The van der Waals surface area contributed by atoms with Crippen molar-refractivity contribution in [3.05, 3.63) is 34.9 Å². The maximum atomic E-state index is 13.4. The summed E-state index contributed by atoms with van der Waals surface area (Å²) < 4.78 is 31.5. The van der Waals surface area contributed by atoms with E-state index in [1.807, 2.05) is 0 Å². The molecule has 1 aromatic carbocycles. The van der Waals surface area contributed by atoms with Crippen molar-refractivity contribution >= 4 is 0 Å². The molecule has 0 aliphatic carbocycles. The summed E-state index contributed by atoms with van der Waals surface area (Å²) in [6, 6.07) is 2.47. The van der Waals surface area contributed by atoms with Crippen LogP contribution in [0.3, 0.4) is 0 Å². The Morgan fingerprint density at radius 3 is 2.27 bits per heavy atom. The van der Waals surface area contributed by atoms with E-state index in [9.17, 15) is 8.78 Å². The summed E-state index contributed by atoms with van der Waals surface area (Å²) in [5.74, 6) is -1.54. The molecule has 0 amide bonds. The van der Waals surface area contributed by atoms with Crippen LogP contribution in [0.5, 0.6) is 0 Å². The molecule has 2 nitrogen and oxygen atoms in total. The standard InChI is InChI=1S/C11H14F2O2/c1-7(5-14)8-3-10(12)9(6-15-2)11(13)4-8/h3-4,7,14H,5-6H2,1-2H3. The molecule has 0 saturated heterocycles.